The van der Waals surface area contributed by atoms with Gasteiger partial charge < -0.3 is 19.5 Å². The van der Waals surface area contributed by atoms with Gasteiger partial charge in [0.25, 0.3) is 0 Å². The molecule has 0 radical (unpaired) electrons. The maximum atomic E-state index is 12.6. The molecule has 0 spiro atoms. The Balaban J connectivity index is 1.75. The lowest BCUT2D eigenvalue weighted by Gasteiger charge is -2.14. The van der Waals surface area contributed by atoms with Gasteiger partial charge in [-0.3, -0.25) is 4.79 Å². The van der Waals surface area contributed by atoms with E-state index in [0.717, 1.165) is 23.0 Å². The molecule has 1 amide bonds. The summed E-state index contributed by atoms with van der Waals surface area (Å²) < 4.78 is 16.8. The molecule has 0 saturated heterocycles. The zero-order valence-electron chi connectivity index (χ0n) is 17.4. The molecule has 11 heteroatoms. The Morgan fingerprint density at radius 2 is 1.74 bits per heavy atom. The van der Waals surface area contributed by atoms with E-state index < -0.39 is 5.97 Å². The topological polar surface area (TPSA) is 117 Å². The second-order valence-corrected chi connectivity index (χ2v) is 7.23. The highest BCUT2D eigenvalue weighted by molar-refractivity contribution is 7.99. The van der Waals surface area contributed by atoms with Crippen LogP contribution in [0.3, 0.4) is 0 Å². The lowest BCUT2D eigenvalue weighted by Crippen LogP contribution is -2.18. The minimum absolute atomic E-state index is 0.0151. The molecule has 3 aromatic rings. The molecule has 1 heterocycles. The Labute approximate surface area is 182 Å². The highest BCUT2D eigenvalue weighted by Crippen LogP contribution is 2.34. The van der Waals surface area contributed by atoms with Crippen LogP contribution in [0.25, 0.3) is 5.69 Å². The number of ether oxygens (including phenoxy) is 3. The summed E-state index contributed by atoms with van der Waals surface area (Å²) in [4.78, 5) is 24.7. The maximum Gasteiger partial charge on any atom is 0.340 e. The van der Waals surface area contributed by atoms with E-state index in [0.29, 0.717) is 16.7 Å². The first-order chi connectivity index (χ1) is 15.0. The monoisotopic (exact) mass is 443 g/mol. The molecule has 0 aliphatic carbocycles. The van der Waals surface area contributed by atoms with Crippen LogP contribution in [0.5, 0.6) is 11.5 Å². The number of anilines is 1. The number of benzene rings is 2. The molecule has 162 valence electrons. The van der Waals surface area contributed by atoms with Gasteiger partial charge in [-0.25, -0.2) is 4.79 Å². The first kappa shape index (κ1) is 22.1. The summed E-state index contributed by atoms with van der Waals surface area (Å²) >= 11 is 1.16. The van der Waals surface area contributed by atoms with Gasteiger partial charge in [0.15, 0.2) is 11.5 Å². The average molecular weight is 443 g/mol. The number of carbonyl (C=O) groups is 2. The van der Waals surface area contributed by atoms with Gasteiger partial charge in [-0.2, -0.15) is 4.68 Å². The molecular weight excluding hydrogens is 422 g/mol. The molecule has 3 rings (SSSR count). The predicted molar refractivity (Wildman–Crippen MR) is 114 cm³/mol. The van der Waals surface area contributed by atoms with Gasteiger partial charge in [0.1, 0.15) is 0 Å². The Bertz CT molecular complexity index is 1080. The molecule has 1 N–H and O–H groups in total. The number of aryl methyl sites for hydroxylation is 1. The first-order valence-corrected chi connectivity index (χ1v) is 10.1. The number of hydrogen-bond acceptors (Lipinski definition) is 9. The number of esters is 1. The number of hydrogen-bond donors (Lipinski definition) is 1. The Kier molecular flexibility index (Phi) is 7.08. The largest absolute Gasteiger partial charge is 0.493 e. The van der Waals surface area contributed by atoms with Gasteiger partial charge in [-0.1, -0.05) is 29.5 Å². The van der Waals surface area contributed by atoms with E-state index in [1.165, 1.54) is 33.5 Å². The summed E-state index contributed by atoms with van der Waals surface area (Å²) in [6.07, 6.45) is 0. The number of rotatable bonds is 8. The smallest absolute Gasteiger partial charge is 0.340 e. The molecule has 31 heavy (non-hydrogen) atoms. The molecule has 1 aromatic heterocycles. The third kappa shape index (κ3) is 5.12. The SMILES string of the molecule is COC(=O)c1cc(OC)c(OC)cc1NC(=O)CSc1nnnn1-c1ccc(C)cc1. The lowest BCUT2D eigenvalue weighted by molar-refractivity contribution is -0.113. The Hall–Kier alpha value is -3.60. The van der Waals surface area contributed by atoms with Crippen molar-refractivity contribution in [2.75, 3.05) is 32.4 Å². The van der Waals surface area contributed by atoms with Crippen molar-refractivity contribution < 1.29 is 23.8 Å². The minimum atomic E-state index is -0.618. The number of methoxy groups -OCH3 is 3. The second kappa shape index (κ2) is 9.94. The van der Waals surface area contributed by atoms with Crippen molar-refractivity contribution in [3.8, 4) is 17.2 Å². The molecule has 2 aromatic carbocycles. The summed E-state index contributed by atoms with van der Waals surface area (Å²) in [6, 6.07) is 10.6. The van der Waals surface area contributed by atoms with Crippen LogP contribution in [0, 0.1) is 6.92 Å². The van der Waals surface area contributed by atoms with Gasteiger partial charge in [-0.05, 0) is 29.5 Å². The number of amides is 1. The number of aromatic nitrogens is 4. The van der Waals surface area contributed by atoms with Crippen molar-refractivity contribution >= 4 is 29.3 Å². The van der Waals surface area contributed by atoms with Crippen LogP contribution in [0.2, 0.25) is 0 Å². The van der Waals surface area contributed by atoms with Crippen LogP contribution in [0.4, 0.5) is 5.69 Å². The third-order valence-corrected chi connectivity index (χ3v) is 5.17. The van der Waals surface area contributed by atoms with Crippen LogP contribution in [0.15, 0.2) is 41.6 Å². The van der Waals surface area contributed by atoms with Crippen LogP contribution < -0.4 is 14.8 Å². The summed E-state index contributed by atoms with van der Waals surface area (Å²) in [7, 11) is 4.17. The fraction of sp³-hybridized carbons (Fsp3) is 0.250. The van der Waals surface area contributed by atoms with E-state index in [1.807, 2.05) is 31.2 Å². The Morgan fingerprint density at radius 3 is 2.39 bits per heavy atom. The van der Waals surface area contributed by atoms with E-state index in [-0.39, 0.29) is 22.9 Å². The van der Waals surface area contributed by atoms with Crippen molar-refractivity contribution in [2.24, 2.45) is 0 Å². The molecule has 0 fully saturated rings. The van der Waals surface area contributed by atoms with E-state index in [4.69, 9.17) is 14.2 Å². The van der Waals surface area contributed by atoms with Gasteiger partial charge in [-0.15, -0.1) is 5.10 Å². The quantitative estimate of drug-likeness (QED) is 0.414. The van der Waals surface area contributed by atoms with Gasteiger partial charge in [0.05, 0.1) is 44.0 Å². The van der Waals surface area contributed by atoms with Crippen molar-refractivity contribution in [2.45, 2.75) is 12.1 Å². The highest BCUT2D eigenvalue weighted by Gasteiger charge is 2.20. The second-order valence-electron chi connectivity index (χ2n) is 6.29. The van der Waals surface area contributed by atoms with Gasteiger partial charge in [0.2, 0.25) is 11.1 Å². The maximum absolute atomic E-state index is 12.6. The average Bonchev–Trinajstić information content (AvgIpc) is 3.26. The van der Waals surface area contributed by atoms with E-state index in [2.05, 4.69) is 20.8 Å². The zero-order valence-corrected chi connectivity index (χ0v) is 18.2. The molecular formula is C20H21N5O5S. The third-order valence-electron chi connectivity index (χ3n) is 4.25. The summed E-state index contributed by atoms with van der Waals surface area (Å²) in [6.45, 7) is 1.99. The molecule has 10 nitrogen and oxygen atoms in total. The lowest BCUT2D eigenvalue weighted by atomic mass is 10.1. The summed E-state index contributed by atoms with van der Waals surface area (Å²) in [5, 5.41) is 14.8. The molecule has 0 unspecified atom stereocenters. The van der Waals surface area contributed by atoms with Crippen molar-refractivity contribution in [1.82, 2.24) is 20.2 Å². The number of nitrogens with zero attached hydrogens (tertiary/aromatic N) is 4. The zero-order chi connectivity index (χ0) is 22.4. The number of carbonyl (C=O) groups excluding carboxylic acids is 2. The molecule has 0 atom stereocenters. The van der Waals surface area contributed by atoms with Crippen LogP contribution in [-0.4, -0.2) is 59.2 Å². The van der Waals surface area contributed by atoms with Crippen LogP contribution in [0.1, 0.15) is 15.9 Å². The molecule has 0 bridgehead atoms. The van der Waals surface area contributed by atoms with Crippen molar-refractivity contribution in [3.05, 3.63) is 47.5 Å². The van der Waals surface area contributed by atoms with Gasteiger partial charge in [0, 0.05) is 12.1 Å². The normalized spacial score (nSPS) is 10.5. The van der Waals surface area contributed by atoms with Gasteiger partial charge >= 0.3 is 5.97 Å². The molecule has 0 saturated carbocycles. The Morgan fingerprint density at radius 1 is 1.06 bits per heavy atom. The van der Waals surface area contributed by atoms with E-state index >= 15 is 0 Å². The number of thioether (sulfide) groups is 1. The summed E-state index contributed by atoms with van der Waals surface area (Å²) in [5.74, 6) is -0.261. The first-order valence-electron chi connectivity index (χ1n) is 9.09. The minimum Gasteiger partial charge on any atom is -0.493 e. The highest BCUT2D eigenvalue weighted by atomic mass is 32.2. The number of tetrazole rings is 1. The molecule has 0 aliphatic rings. The van der Waals surface area contributed by atoms with Crippen LogP contribution in [-0.2, 0) is 9.53 Å². The van der Waals surface area contributed by atoms with E-state index in [9.17, 15) is 9.59 Å². The predicted octanol–water partition coefficient (Wildman–Crippen LogP) is 2.51. The molecule has 0 aliphatic heterocycles. The summed E-state index contributed by atoms with van der Waals surface area (Å²) in [5.41, 5.74) is 2.28. The van der Waals surface area contributed by atoms with E-state index in [1.54, 1.807) is 4.68 Å². The number of nitrogens with one attached hydrogen (secondary N) is 1. The van der Waals surface area contributed by atoms with Crippen molar-refractivity contribution in [3.63, 3.8) is 0 Å². The fourth-order valence-electron chi connectivity index (χ4n) is 2.69. The fourth-order valence-corrected chi connectivity index (χ4v) is 3.39. The van der Waals surface area contributed by atoms with Crippen molar-refractivity contribution in [1.29, 1.82) is 0 Å². The standard InChI is InChI=1S/C20H21N5O5S/c1-12-5-7-13(8-6-12)25-20(22-23-24-25)31-11-18(26)21-15-10-17(29-3)16(28-2)9-14(15)19(27)30-4/h5-10H,11H2,1-4H3,(H,21,26). The van der Waals surface area contributed by atoms with Crippen LogP contribution >= 0.6 is 11.8 Å².